The molecule has 0 radical (unpaired) electrons. The van der Waals surface area contributed by atoms with Crippen molar-refractivity contribution in [1.82, 2.24) is 0 Å². The summed E-state index contributed by atoms with van der Waals surface area (Å²) in [6, 6.07) is 0. The van der Waals surface area contributed by atoms with E-state index >= 15 is 0 Å². The molecule has 0 aromatic heterocycles. The van der Waals surface area contributed by atoms with Gasteiger partial charge in [0.2, 0.25) is 0 Å². The van der Waals surface area contributed by atoms with Gasteiger partial charge in [-0.15, -0.1) is 0 Å². The van der Waals surface area contributed by atoms with Gasteiger partial charge < -0.3 is 9.11 Å². The molecule has 0 saturated carbocycles. The van der Waals surface area contributed by atoms with E-state index in [1.807, 2.05) is 0 Å². The Labute approximate surface area is 131 Å². The molecular formula is C7H16Na2O4S. The fraction of sp³-hybridized carbons (Fsp3) is 1.00. The molecule has 14 heavy (non-hydrogen) atoms. The summed E-state index contributed by atoms with van der Waals surface area (Å²) in [6.45, 7) is 4.49. The Morgan fingerprint density at radius 3 is 1.21 bits per heavy atom. The normalized spacial score (nSPS) is 8.86. The maximum atomic E-state index is 8.52. The smallest absolute Gasteiger partial charge is 0.759 e. The molecule has 0 aliphatic rings. The first-order valence-corrected chi connectivity index (χ1v) is 5.41. The van der Waals surface area contributed by atoms with Crippen LogP contribution in [0.25, 0.3) is 0 Å². The maximum Gasteiger partial charge on any atom is 1.00 e. The van der Waals surface area contributed by atoms with Gasteiger partial charge in [0.1, 0.15) is 0 Å². The molecular weight excluding hydrogens is 226 g/mol. The number of hydrogen-bond acceptors (Lipinski definition) is 4. The summed E-state index contributed by atoms with van der Waals surface area (Å²) in [6.07, 6.45) is 7.01. The minimum atomic E-state index is -5.17. The van der Waals surface area contributed by atoms with Gasteiger partial charge in [-0.2, -0.15) is 0 Å². The molecule has 7 heteroatoms. The molecule has 76 valence electrons. The summed E-state index contributed by atoms with van der Waals surface area (Å²) >= 11 is 0. The Morgan fingerprint density at radius 2 is 1.07 bits per heavy atom. The summed E-state index contributed by atoms with van der Waals surface area (Å²) in [4.78, 5) is 0. The molecule has 0 heterocycles. The van der Waals surface area contributed by atoms with E-state index in [0.29, 0.717) is 0 Å². The van der Waals surface area contributed by atoms with Crippen molar-refractivity contribution >= 4 is 10.4 Å². The van der Waals surface area contributed by atoms with Crippen LogP contribution < -0.4 is 59.1 Å². The number of rotatable bonds is 4. The van der Waals surface area contributed by atoms with E-state index in [0.717, 1.165) is 0 Å². The second-order valence-corrected chi connectivity index (χ2v) is 3.29. The second kappa shape index (κ2) is 17.3. The van der Waals surface area contributed by atoms with Crippen molar-refractivity contribution in [3.63, 3.8) is 0 Å². The Morgan fingerprint density at radius 1 is 0.857 bits per heavy atom. The van der Waals surface area contributed by atoms with Crippen LogP contribution in [-0.4, -0.2) is 17.5 Å². The van der Waals surface area contributed by atoms with Gasteiger partial charge in [0.15, 0.2) is 0 Å². The Kier molecular flexibility index (Phi) is 30.7. The van der Waals surface area contributed by atoms with Gasteiger partial charge >= 0.3 is 59.1 Å². The van der Waals surface area contributed by atoms with Crippen LogP contribution in [0.5, 0.6) is 0 Å². The molecule has 0 bridgehead atoms. The third kappa shape index (κ3) is 66.7. The minimum absolute atomic E-state index is 0. The standard InChI is InChI=1S/C7H16.2Na.H2O4S/c1-3-5-7-6-4-2;;;1-5(2,3)4/h3-7H2,1-2H3;;;(H2,1,2,3,4)/q;2*+1;/p-2. The average molecular weight is 242 g/mol. The first-order chi connectivity index (χ1) is 5.41. The van der Waals surface area contributed by atoms with Crippen LogP contribution in [0.15, 0.2) is 0 Å². The Balaban J connectivity index is -0.0000000651. The van der Waals surface area contributed by atoms with Crippen molar-refractivity contribution in [3.8, 4) is 0 Å². The van der Waals surface area contributed by atoms with Gasteiger partial charge in [-0.25, -0.2) is 0 Å². The predicted molar refractivity (Wildman–Crippen MR) is 44.9 cm³/mol. The average Bonchev–Trinajstić information content (AvgIpc) is 1.85. The van der Waals surface area contributed by atoms with E-state index in [-0.39, 0.29) is 59.1 Å². The number of unbranched alkanes of at least 4 members (excludes halogenated alkanes) is 4. The van der Waals surface area contributed by atoms with Crippen LogP contribution in [0.1, 0.15) is 46.0 Å². The Hall–Kier alpha value is 1.87. The molecule has 0 aliphatic heterocycles. The zero-order valence-electron chi connectivity index (χ0n) is 9.58. The molecule has 0 aromatic rings. The first-order valence-electron chi connectivity index (χ1n) is 4.08. The monoisotopic (exact) mass is 242 g/mol. The van der Waals surface area contributed by atoms with Crippen LogP contribution in [-0.2, 0) is 10.4 Å². The van der Waals surface area contributed by atoms with Crippen LogP contribution in [0.3, 0.4) is 0 Å². The predicted octanol–water partition coefficient (Wildman–Crippen LogP) is -4.35. The van der Waals surface area contributed by atoms with Crippen molar-refractivity contribution < 1.29 is 76.6 Å². The third-order valence-corrected chi connectivity index (χ3v) is 1.21. The third-order valence-electron chi connectivity index (χ3n) is 1.21. The van der Waals surface area contributed by atoms with Crippen molar-refractivity contribution in [2.75, 3.05) is 0 Å². The molecule has 0 spiro atoms. The summed E-state index contributed by atoms with van der Waals surface area (Å²) in [5.41, 5.74) is 0. The molecule has 0 N–H and O–H groups in total. The topological polar surface area (TPSA) is 80.3 Å². The van der Waals surface area contributed by atoms with Gasteiger partial charge in [0.25, 0.3) is 0 Å². The van der Waals surface area contributed by atoms with Crippen molar-refractivity contribution in [1.29, 1.82) is 0 Å². The molecule has 0 aliphatic carbocycles. The van der Waals surface area contributed by atoms with Crippen LogP contribution in [0.4, 0.5) is 0 Å². The molecule has 0 fully saturated rings. The van der Waals surface area contributed by atoms with E-state index in [4.69, 9.17) is 17.5 Å². The van der Waals surface area contributed by atoms with Gasteiger partial charge in [-0.05, 0) is 0 Å². The van der Waals surface area contributed by atoms with Gasteiger partial charge in [-0.3, -0.25) is 8.42 Å². The fourth-order valence-corrected chi connectivity index (χ4v) is 0.677. The molecule has 0 amide bonds. The van der Waals surface area contributed by atoms with E-state index in [1.165, 1.54) is 32.1 Å². The molecule has 4 nitrogen and oxygen atoms in total. The quantitative estimate of drug-likeness (QED) is 0.216. The van der Waals surface area contributed by atoms with Crippen LogP contribution >= 0.6 is 0 Å². The molecule has 0 atom stereocenters. The first kappa shape index (κ1) is 24.9. The Bertz CT molecular complexity index is 159. The molecule has 0 saturated heterocycles. The second-order valence-electron chi connectivity index (χ2n) is 2.47. The van der Waals surface area contributed by atoms with Crippen molar-refractivity contribution in [2.45, 2.75) is 46.0 Å². The SMILES string of the molecule is CCCCCCC.O=S(=O)([O-])[O-].[Na+].[Na+]. The maximum absolute atomic E-state index is 8.52. The van der Waals surface area contributed by atoms with Crippen LogP contribution in [0, 0.1) is 0 Å². The van der Waals surface area contributed by atoms with Gasteiger partial charge in [-0.1, -0.05) is 46.0 Å². The van der Waals surface area contributed by atoms with Crippen molar-refractivity contribution in [3.05, 3.63) is 0 Å². The number of hydrogen-bond donors (Lipinski definition) is 0. The minimum Gasteiger partial charge on any atom is -0.759 e. The zero-order chi connectivity index (χ0) is 10.0. The van der Waals surface area contributed by atoms with Crippen molar-refractivity contribution in [2.24, 2.45) is 0 Å². The summed E-state index contributed by atoms with van der Waals surface area (Å²) < 4.78 is 34.1. The van der Waals surface area contributed by atoms with E-state index in [2.05, 4.69) is 13.8 Å². The fourth-order valence-electron chi connectivity index (χ4n) is 0.677. The molecule has 0 rings (SSSR count). The van der Waals surface area contributed by atoms with E-state index < -0.39 is 10.4 Å². The van der Waals surface area contributed by atoms with Crippen LogP contribution in [0.2, 0.25) is 0 Å². The molecule has 0 unspecified atom stereocenters. The molecule has 0 aromatic carbocycles. The van der Waals surface area contributed by atoms with E-state index in [1.54, 1.807) is 0 Å². The summed E-state index contributed by atoms with van der Waals surface area (Å²) in [5, 5.41) is 0. The largest absolute Gasteiger partial charge is 1.00 e. The van der Waals surface area contributed by atoms with Gasteiger partial charge in [0.05, 0.1) is 0 Å². The summed E-state index contributed by atoms with van der Waals surface area (Å²) in [5.74, 6) is 0. The zero-order valence-corrected chi connectivity index (χ0v) is 14.4. The summed E-state index contributed by atoms with van der Waals surface area (Å²) in [7, 11) is -5.17. The van der Waals surface area contributed by atoms with E-state index in [9.17, 15) is 0 Å². The van der Waals surface area contributed by atoms with Gasteiger partial charge in [0, 0.05) is 10.4 Å².